The highest BCUT2D eigenvalue weighted by atomic mass is 32.1. The van der Waals surface area contributed by atoms with Crippen molar-refractivity contribution < 1.29 is 4.74 Å². The maximum absolute atomic E-state index is 5.34. The van der Waals surface area contributed by atoms with E-state index in [1.165, 1.54) is 54.1 Å². The molecule has 0 amide bonds. The Morgan fingerprint density at radius 2 is 2.24 bits per heavy atom. The van der Waals surface area contributed by atoms with Crippen LogP contribution in [-0.2, 0) is 17.8 Å². The molecule has 3 rings (SSSR count). The summed E-state index contributed by atoms with van der Waals surface area (Å²) in [6.07, 6.45) is 5.37. The van der Waals surface area contributed by atoms with Gasteiger partial charge in [-0.3, -0.25) is 4.90 Å². The van der Waals surface area contributed by atoms with Gasteiger partial charge in [0.2, 0.25) is 0 Å². The van der Waals surface area contributed by atoms with Gasteiger partial charge in [-0.25, -0.2) is 0 Å². The fourth-order valence-corrected chi connectivity index (χ4v) is 4.28. The number of thiophene rings is 1. The number of aryl methyl sites for hydroxylation is 1. The molecule has 1 unspecified atom stereocenters. The van der Waals surface area contributed by atoms with Crippen molar-refractivity contribution in [2.75, 3.05) is 26.8 Å². The van der Waals surface area contributed by atoms with Crippen LogP contribution in [0.25, 0.3) is 0 Å². The van der Waals surface area contributed by atoms with Crippen molar-refractivity contribution in [3.63, 3.8) is 0 Å². The van der Waals surface area contributed by atoms with Gasteiger partial charge in [0.15, 0.2) is 0 Å². The molecule has 2 heterocycles. The van der Waals surface area contributed by atoms with E-state index in [1.54, 1.807) is 0 Å². The average molecular weight is 308 g/mol. The molecular formula is C17H28N2OS. The Morgan fingerprint density at radius 3 is 3.00 bits per heavy atom. The number of nitrogens with one attached hydrogen (secondary N) is 1. The van der Waals surface area contributed by atoms with E-state index in [1.807, 2.05) is 18.4 Å². The highest BCUT2D eigenvalue weighted by Gasteiger charge is 2.22. The summed E-state index contributed by atoms with van der Waals surface area (Å²) in [6, 6.07) is 3.22. The zero-order chi connectivity index (χ0) is 14.7. The second kappa shape index (κ2) is 7.23. The second-order valence-corrected chi connectivity index (χ2v) is 7.99. The summed E-state index contributed by atoms with van der Waals surface area (Å²) in [5.41, 5.74) is 1.53. The summed E-state index contributed by atoms with van der Waals surface area (Å²) < 4.78 is 5.34. The maximum atomic E-state index is 5.34. The van der Waals surface area contributed by atoms with Crippen LogP contribution >= 0.6 is 11.3 Å². The van der Waals surface area contributed by atoms with Crippen molar-refractivity contribution in [2.24, 2.45) is 5.92 Å². The Balaban J connectivity index is 1.53. The molecule has 1 aliphatic carbocycles. The molecule has 2 aliphatic rings. The van der Waals surface area contributed by atoms with Gasteiger partial charge in [0.05, 0.1) is 6.61 Å². The van der Waals surface area contributed by atoms with E-state index >= 15 is 0 Å². The smallest absolute Gasteiger partial charge is 0.0502 e. The minimum absolute atomic E-state index is 0.721. The van der Waals surface area contributed by atoms with Crippen LogP contribution in [0.2, 0.25) is 0 Å². The molecule has 4 heteroatoms. The number of likely N-dealkylation sites (tertiary alicyclic amines) is 1. The number of piperidine rings is 1. The van der Waals surface area contributed by atoms with Crippen molar-refractivity contribution in [3.8, 4) is 0 Å². The van der Waals surface area contributed by atoms with Gasteiger partial charge in [-0.1, -0.05) is 0 Å². The summed E-state index contributed by atoms with van der Waals surface area (Å²) in [5.74, 6) is 0.721. The molecule has 2 fully saturated rings. The molecule has 3 nitrogen and oxygen atoms in total. The maximum Gasteiger partial charge on any atom is 0.0502 e. The lowest BCUT2D eigenvalue weighted by atomic mass is 9.98. The van der Waals surface area contributed by atoms with Gasteiger partial charge in [0.25, 0.3) is 0 Å². The standard InChI is InChI=1S/C17H28N2OS/c1-13-15(8-17(21-13)9-18-16-5-6-16)11-19-7-3-4-14(10-19)12-20-2/h8,14,16,18H,3-7,9-12H2,1-2H3. The molecule has 1 atom stereocenters. The van der Waals surface area contributed by atoms with Crippen LogP contribution in [0.5, 0.6) is 0 Å². The normalized spacial score (nSPS) is 23.6. The fourth-order valence-electron chi connectivity index (χ4n) is 3.27. The molecule has 0 spiro atoms. The van der Waals surface area contributed by atoms with Gasteiger partial charge < -0.3 is 10.1 Å². The van der Waals surface area contributed by atoms with Gasteiger partial charge in [-0.05, 0) is 56.7 Å². The monoisotopic (exact) mass is 308 g/mol. The number of nitrogens with zero attached hydrogens (tertiary/aromatic N) is 1. The van der Waals surface area contributed by atoms with E-state index < -0.39 is 0 Å². The van der Waals surface area contributed by atoms with E-state index in [0.29, 0.717) is 0 Å². The van der Waals surface area contributed by atoms with E-state index in [-0.39, 0.29) is 0 Å². The molecule has 0 radical (unpaired) electrons. The summed E-state index contributed by atoms with van der Waals surface area (Å²) >= 11 is 1.97. The average Bonchev–Trinajstić information content (AvgIpc) is 3.23. The quantitative estimate of drug-likeness (QED) is 0.837. The Morgan fingerprint density at radius 1 is 1.38 bits per heavy atom. The van der Waals surface area contributed by atoms with Crippen LogP contribution in [0.15, 0.2) is 6.07 Å². The van der Waals surface area contributed by atoms with Crippen LogP contribution in [0.1, 0.15) is 41.0 Å². The topological polar surface area (TPSA) is 24.5 Å². The highest BCUT2D eigenvalue weighted by molar-refractivity contribution is 7.12. The summed E-state index contributed by atoms with van der Waals surface area (Å²) in [4.78, 5) is 5.61. The lowest BCUT2D eigenvalue weighted by Crippen LogP contribution is -2.36. The van der Waals surface area contributed by atoms with E-state index in [0.717, 1.165) is 31.7 Å². The van der Waals surface area contributed by atoms with E-state index in [4.69, 9.17) is 4.74 Å². The molecule has 1 aliphatic heterocycles. The van der Waals surface area contributed by atoms with Gasteiger partial charge in [-0.15, -0.1) is 11.3 Å². The minimum atomic E-state index is 0.721. The summed E-state index contributed by atoms with van der Waals surface area (Å²) in [5, 5.41) is 3.62. The second-order valence-electron chi connectivity index (χ2n) is 6.65. The van der Waals surface area contributed by atoms with Gasteiger partial charge in [-0.2, -0.15) is 0 Å². The van der Waals surface area contributed by atoms with Crippen molar-refractivity contribution in [2.45, 2.75) is 51.7 Å². The Hall–Kier alpha value is -0.420. The van der Waals surface area contributed by atoms with E-state index in [2.05, 4.69) is 23.2 Å². The zero-order valence-electron chi connectivity index (χ0n) is 13.4. The predicted octanol–water partition coefficient (Wildman–Crippen LogP) is 3.17. The summed E-state index contributed by atoms with van der Waals surface area (Å²) in [7, 11) is 1.82. The van der Waals surface area contributed by atoms with Crippen LogP contribution in [0, 0.1) is 12.8 Å². The van der Waals surface area contributed by atoms with Gasteiger partial charge in [0.1, 0.15) is 0 Å². The third-order valence-electron chi connectivity index (χ3n) is 4.61. The molecule has 0 bridgehead atoms. The van der Waals surface area contributed by atoms with Crippen LogP contribution in [0.3, 0.4) is 0 Å². The minimum Gasteiger partial charge on any atom is -0.384 e. The molecule has 1 N–H and O–H groups in total. The largest absolute Gasteiger partial charge is 0.384 e. The molecule has 1 aromatic heterocycles. The fraction of sp³-hybridized carbons (Fsp3) is 0.765. The van der Waals surface area contributed by atoms with Gasteiger partial charge >= 0.3 is 0 Å². The Labute approximate surface area is 132 Å². The van der Waals surface area contributed by atoms with E-state index in [9.17, 15) is 0 Å². The molecular weight excluding hydrogens is 280 g/mol. The molecule has 1 aromatic rings. The van der Waals surface area contributed by atoms with Crippen molar-refractivity contribution in [3.05, 3.63) is 21.4 Å². The van der Waals surface area contributed by atoms with Crippen molar-refractivity contribution >= 4 is 11.3 Å². The van der Waals surface area contributed by atoms with Crippen LogP contribution in [-0.4, -0.2) is 37.7 Å². The third kappa shape index (κ3) is 4.52. The first kappa shape index (κ1) is 15.5. The first-order valence-electron chi connectivity index (χ1n) is 8.27. The molecule has 0 aromatic carbocycles. The Bertz CT molecular complexity index is 454. The number of methoxy groups -OCH3 is 1. The zero-order valence-corrected chi connectivity index (χ0v) is 14.2. The number of hydrogen-bond donors (Lipinski definition) is 1. The van der Waals surface area contributed by atoms with Crippen LogP contribution < -0.4 is 5.32 Å². The highest BCUT2D eigenvalue weighted by Crippen LogP contribution is 2.26. The first-order valence-corrected chi connectivity index (χ1v) is 9.09. The number of hydrogen-bond acceptors (Lipinski definition) is 4. The van der Waals surface area contributed by atoms with Crippen molar-refractivity contribution in [1.29, 1.82) is 0 Å². The predicted molar refractivity (Wildman–Crippen MR) is 88.8 cm³/mol. The third-order valence-corrected chi connectivity index (χ3v) is 5.71. The molecule has 21 heavy (non-hydrogen) atoms. The van der Waals surface area contributed by atoms with Crippen LogP contribution in [0.4, 0.5) is 0 Å². The molecule has 1 saturated carbocycles. The SMILES string of the molecule is COCC1CCCN(Cc2cc(CNC3CC3)sc2C)C1. The molecule has 118 valence electrons. The summed E-state index contributed by atoms with van der Waals surface area (Å²) in [6.45, 7) is 7.80. The lowest BCUT2D eigenvalue weighted by molar-refractivity contribution is 0.0873. The Kier molecular flexibility index (Phi) is 5.33. The lowest BCUT2D eigenvalue weighted by Gasteiger charge is -2.32. The number of rotatable bonds is 7. The first-order chi connectivity index (χ1) is 10.2. The van der Waals surface area contributed by atoms with Crippen molar-refractivity contribution in [1.82, 2.24) is 10.2 Å². The molecule has 1 saturated heterocycles. The number of ether oxygens (including phenoxy) is 1. The van der Waals surface area contributed by atoms with Gasteiger partial charge in [0, 0.05) is 42.5 Å².